The van der Waals surface area contributed by atoms with Gasteiger partial charge in [-0.3, -0.25) is 9.69 Å². The fraction of sp³-hybridized carbons (Fsp3) is 0.400. The molecule has 0 aromatic heterocycles. The van der Waals surface area contributed by atoms with Crippen molar-refractivity contribution in [1.82, 2.24) is 19.8 Å². The topological polar surface area (TPSA) is 85.9 Å². The van der Waals surface area contributed by atoms with Crippen LogP contribution in [0.2, 0.25) is 5.02 Å². The van der Waals surface area contributed by atoms with E-state index in [1.54, 1.807) is 7.11 Å². The van der Waals surface area contributed by atoms with E-state index in [1.165, 1.54) is 9.80 Å². The second-order valence-electron chi connectivity index (χ2n) is 9.02. The maximum atomic E-state index is 13.0. The number of piperazine rings is 2. The second kappa shape index (κ2) is 10.2. The van der Waals surface area contributed by atoms with Crippen LogP contribution in [0.3, 0.4) is 0 Å². The van der Waals surface area contributed by atoms with Gasteiger partial charge in [0.25, 0.3) is 5.91 Å². The molecule has 0 aliphatic carbocycles. The molecule has 2 aromatic carbocycles. The highest BCUT2D eigenvalue weighted by atomic mass is 35.5. The monoisotopic (exact) mass is 513 g/mol. The first kappa shape index (κ1) is 24.2. The molecule has 2 aromatic rings. The van der Waals surface area contributed by atoms with E-state index in [9.17, 15) is 14.4 Å². The van der Waals surface area contributed by atoms with Crippen LogP contribution in [0.4, 0.5) is 15.3 Å². The van der Waals surface area contributed by atoms with Crippen molar-refractivity contribution in [3.05, 3.63) is 59.1 Å². The molecule has 3 fully saturated rings. The average Bonchev–Trinajstić information content (AvgIpc) is 3.14. The van der Waals surface area contributed by atoms with Crippen molar-refractivity contribution in [2.45, 2.75) is 12.6 Å². The molecule has 36 heavy (non-hydrogen) atoms. The van der Waals surface area contributed by atoms with Crippen molar-refractivity contribution in [3.63, 3.8) is 0 Å². The van der Waals surface area contributed by atoms with Gasteiger partial charge in [-0.1, -0.05) is 28.8 Å². The molecule has 3 heterocycles. The number of carbonyl (C=O) groups is 3. The normalized spacial score (nSPS) is 20.6. The Balaban J connectivity index is 1.15. The summed E-state index contributed by atoms with van der Waals surface area (Å²) in [6.45, 7) is 4.08. The van der Waals surface area contributed by atoms with Crippen molar-refractivity contribution in [2.75, 3.05) is 57.8 Å². The fourth-order valence-electron chi connectivity index (χ4n) is 4.78. The predicted molar refractivity (Wildman–Crippen MR) is 133 cm³/mol. The highest BCUT2D eigenvalue weighted by molar-refractivity contribution is 6.30. The molecular weight excluding hydrogens is 486 g/mol. The van der Waals surface area contributed by atoms with Gasteiger partial charge >= 0.3 is 12.1 Å². The number of rotatable bonds is 5. The molecule has 1 atom stereocenters. The first-order valence-corrected chi connectivity index (χ1v) is 12.3. The van der Waals surface area contributed by atoms with E-state index >= 15 is 0 Å². The van der Waals surface area contributed by atoms with Gasteiger partial charge in [0, 0.05) is 63.1 Å². The number of hydroxylamine groups is 2. The molecule has 5 rings (SSSR count). The Kier molecular flexibility index (Phi) is 6.88. The first-order chi connectivity index (χ1) is 17.4. The molecule has 4 amide bonds. The molecule has 0 bridgehead atoms. The summed E-state index contributed by atoms with van der Waals surface area (Å²) in [4.78, 5) is 51.2. The SMILES string of the molecule is COc1ccc(N2CCN(C(=O)ON3C(=O)C4CN(Cc5ccc(Cl)cc5)CCN4C3=O)CC2)cc1. The molecule has 0 N–H and O–H groups in total. The predicted octanol–water partition coefficient (Wildman–Crippen LogP) is 2.67. The highest BCUT2D eigenvalue weighted by Crippen LogP contribution is 2.25. The molecule has 1 unspecified atom stereocenters. The van der Waals surface area contributed by atoms with Gasteiger partial charge in [-0.2, -0.15) is 0 Å². The zero-order valence-corrected chi connectivity index (χ0v) is 20.8. The van der Waals surface area contributed by atoms with E-state index < -0.39 is 24.1 Å². The fourth-order valence-corrected chi connectivity index (χ4v) is 4.90. The minimum Gasteiger partial charge on any atom is -0.497 e. The number of hydrogen-bond acceptors (Lipinski definition) is 7. The van der Waals surface area contributed by atoms with Crippen LogP contribution >= 0.6 is 11.6 Å². The molecule has 3 aliphatic rings. The van der Waals surface area contributed by atoms with Crippen molar-refractivity contribution in [3.8, 4) is 5.75 Å². The molecule has 0 radical (unpaired) electrons. The van der Waals surface area contributed by atoms with Crippen LogP contribution < -0.4 is 9.64 Å². The number of carbonyl (C=O) groups excluding carboxylic acids is 3. The van der Waals surface area contributed by atoms with Gasteiger partial charge in [0.15, 0.2) is 0 Å². The van der Waals surface area contributed by atoms with Crippen molar-refractivity contribution in [2.24, 2.45) is 0 Å². The van der Waals surface area contributed by atoms with E-state index in [-0.39, 0.29) is 0 Å². The summed E-state index contributed by atoms with van der Waals surface area (Å²) in [6.07, 6.45) is -0.691. The minimum absolute atomic E-state index is 0.377. The molecular formula is C25H28ClN5O5. The molecule has 3 saturated heterocycles. The summed E-state index contributed by atoms with van der Waals surface area (Å²) in [5.74, 6) is 0.274. The smallest absolute Gasteiger partial charge is 0.434 e. The van der Waals surface area contributed by atoms with Gasteiger partial charge < -0.3 is 24.3 Å². The van der Waals surface area contributed by atoms with Gasteiger partial charge in [-0.25, -0.2) is 9.59 Å². The van der Waals surface area contributed by atoms with Crippen LogP contribution in [0.25, 0.3) is 0 Å². The number of hydrogen-bond donors (Lipinski definition) is 0. The van der Waals surface area contributed by atoms with E-state index in [0.29, 0.717) is 62.4 Å². The maximum Gasteiger partial charge on any atom is 0.434 e. The molecule has 10 nitrogen and oxygen atoms in total. The number of amides is 4. The highest BCUT2D eigenvalue weighted by Gasteiger charge is 2.50. The summed E-state index contributed by atoms with van der Waals surface area (Å²) in [7, 11) is 1.62. The van der Waals surface area contributed by atoms with Gasteiger partial charge in [0.05, 0.1) is 7.11 Å². The van der Waals surface area contributed by atoms with E-state index in [0.717, 1.165) is 17.0 Å². The van der Waals surface area contributed by atoms with E-state index in [1.807, 2.05) is 48.5 Å². The zero-order valence-electron chi connectivity index (χ0n) is 20.0. The number of ether oxygens (including phenoxy) is 1. The molecule has 11 heteroatoms. The summed E-state index contributed by atoms with van der Waals surface area (Å²) in [6, 6.07) is 14.0. The van der Waals surface area contributed by atoms with Crippen molar-refractivity contribution >= 4 is 35.3 Å². The third-order valence-corrected chi connectivity index (χ3v) is 7.09. The Morgan fingerprint density at radius 1 is 0.944 bits per heavy atom. The lowest BCUT2D eigenvalue weighted by molar-refractivity contribution is -0.152. The summed E-state index contributed by atoms with van der Waals surface area (Å²) in [5, 5.41) is 1.30. The Labute approximate surface area is 214 Å². The number of nitrogens with zero attached hydrogens (tertiary/aromatic N) is 5. The number of imide groups is 1. The molecule has 0 saturated carbocycles. The van der Waals surface area contributed by atoms with Crippen molar-refractivity contribution < 1.29 is 24.0 Å². The number of urea groups is 1. The second-order valence-corrected chi connectivity index (χ2v) is 9.45. The van der Waals surface area contributed by atoms with Gasteiger partial charge in [-0.05, 0) is 42.0 Å². The van der Waals surface area contributed by atoms with Gasteiger partial charge in [0.2, 0.25) is 0 Å². The van der Waals surface area contributed by atoms with Crippen LogP contribution in [-0.2, 0) is 16.2 Å². The Morgan fingerprint density at radius 2 is 1.64 bits per heavy atom. The number of benzene rings is 2. The Hall–Kier alpha value is -3.50. The third kappa shape index (κ3) is 4.91. The maximum absolute atomic E-state index is 13.0. The lowest BCUT2D eigenvalue weighted by atomic mass is 10.1. The molecule has 0 spiro atoms. The number of halogens is 1. The average molecular weight is 514 g/mol. The van der Waals surface area contributed by atoms with Gasteiger partial charge in [0.1, 0.15) is 11.8 Å². The summed E-state index contributed by atoms with van der Waals surface area (Å²) >= 11 is 5.96. The number of anilines is 1. The number of methoxy groups -OCH3 is 1. The largest absolute Gasteiger partial charge is 0.497 e. The van der Waals surface area contributed by atoms with Crippen LogP contribution in [0.1, 0.15) is 5.56 Å². The van der Waals surface area contributed by atoms with Crippen molar-refractivity contribution in [1.29, 1.82) is 0 Å². The van der Waals surface area contributed by atoms with Crippen LogP contribution in [0.15, 0.2) is 48.5 Å². The van der Waals surface area contributed by atoms with Crippen LogP contribution in [0.5, 0.6) is 5.75 Å². The van der Waals surface area contributed by atoms with E-state index in [2.05, 4.69) is 9.80 Å². The standard InChI is InChI=1S/C25H28ClN5O5/c1-35-21-8-6-20(7-9-21)28-11-13-29(14-12-28)25(34)36-31-23(32)22-17-27(10-15-30(22)24(31)33)16-18-2-4-19(26)5-3-18/h2-9,22H,10-17H2,1H3. The lowest BCUT2D eigenvalue weighted by Crippen LogP contribution is -2.52. The summed E-state index contributed by atoms with van der Waals surface area (Å²) in [5.41, 5.74) is 2.11. The molecule has 3 aliphatic heterocycles. The lowest BCUT2D eigenvalue weighted by Gasteiger charge is -2.35. The van der Waals surface area contributed by atoms with E-state index in [4.69, 9.17) is 21.2 Å². The quantitative estimate of drug-likeness (QED) is 0.568. The van der Waals surface area contributed by atoms with Crippen LogP contribution in [-0.4, -0.2) is 96.8 Å². The first-order valence-electron chi connectivity index (χ1n) is 11.9. The third-order valence-electron chi connectivity index (χ3n) is 6.83. The minimum atomic E-state index is -0.691. The zero-order chi connectivity index (χ0) is 25.2. The Morgan fingerprint density at radius 3 is 2.31 bits per heavy atom. The summed E-state index contributed by atoms with van der Waals surface area (Å²) < 4.78 is 5.20. The van der Waals surface area contributed by atoms with Gasteiger partial charge in [-0.15, -0.1) is 0 Å². The Bertz CT molecular complexity index is 1120. The number of fused-ring (bicyclic) bond motifs is 1. The molecule has 190 valence electrons. The van der Waals surface area contributed by atoms with Crippen LogP contribution in [0, 0.1) is 0 Å².